The Morgan fingerprint density at radius 2 is 2.00 bits per heavy atom. The van der Waals surface area contributed by atoms with E-state index in [1.165, 1.54) is 12.8 Å². The van der Waals surface area contributed by atoms with Crippen molar-refractivity contribution in [1.29, 1.82) is 0 Å². The molecule has 0 bridgehead atoms. The Hall–Kier alpha value is -0.410. The molecule has 1 aliphatic rings. The first kappa shape index (κ1) is 12.7. The highest BCUT2D eigenvalue weighted by Crippen LogP contribution is 2.15. The number of carbonyl (C=O) groups excluding carboxylic acids is 1. The summed E-state index contributed by atoms with van der Waals surface area (Å²) in [6, 6.07) is 0.699. The minimum atomic E-state index is 0.100. The first-order valence-corrected chi connectivity index (χ1v) is 6.19. The minimum absolute atomic E-state index is 0.100. The minimum Gasteiger partial charge on any atom is -0.317 e. The normalized spacial score (nSPS) is 20.5. The molecular weight excluding hydrogens is 188 g/mol. The van der Waals surface area contributed by atoms with Crippen LogP contribution in [-0.4, -0.2) is 42.4 Å². The van der Waals surface area contributed by atoms with Crippen LogP contribution in [0.1, 0.15) is 40.0 Å². The van der Waals surface area contributed by atoms with E-state index in [1.807, 2.05) is 6.92 Å². The average Bonchev–Trinajstić information content (AvgIpc) is 2.30. The SMILES string of the molecule is CCC(=O)C(C)N(CC)C1CCNCC1. The van der Waals surface area contributed by atoms with E-state index in [2.05, 4.69) is 24.1 Å². The molecule has 0 spiro atoms. The number of carbonyl (C=O) groups is 1. The summed E-state index contributed by atoms with van der Waals surface area (Å²) < 4.78 is 0. The Balaban J connectivity index is 2.56. The lowest BCUT2D eigenvalue weighted by molar-refractivity contribution is -0.124. The molecule has 1 saturated heterocycles. The third kappa shape index (κ3) is 3.28. The maximum absolute atomic E-state index is 11.7. The number of likely N-dealkylation sites (N-methyl/N-ethyl adjacent to an activating group) is 1. The van der Waals surface area contributed by atoms with Gasteiger partial charge in [-0.2, -0.15) is 0 Å². The van der Waals surface area contributed by atoms with Crippen LogP contribution in [0.15, 0.2) is 0 Å². The van der Waals surface area contributed by atoms with Crippen molar-refractivity contribution in [2.24, 2.45) is 0 Å². The fraction of sp³-hybridized carbons (Fsp3) is 0.917. The van der Waals surface area contributed by atoms with Crippen LogP contribution < -0.4 is 5.32 Å². The summed E-state index contributed by atoms with van der Waals surface area (Å²) in [5, 5.41) is 3.36. The summed E-state index contributed by atoms with van der Waals surface area (Å²) in [7, 11) is 0. The number of hydrogen-bond acceptors (Lipinski definition) is 3. The Morgan fingerprint density at radius 3 is 2.47 bits per heavy atom. The first-order valence-electron chi connectivity index (χ1n) is 6.19. The summed E-state index contributed by atoms with van der Waals surface area (Å²) in [6.07, 6.45) is 3.01. The standard InChI is InChI=1S/C12H24N2O/c1-4-12(15)10(3)14(5-2)11-6-8-13-9-7-11/h10-11,13H,4-9H2,1-3H3. The van der Waals surface area contributed by atoms with Gasteiger partial charge in [0, 0.05) is 12.5 Å². The fourth-order valence-corrected chi connectivity index (χ4v) is 2.47. The van der Waals surface area contributed by atoms with Crippen LogP contribution in [0, 0.1) is 0 Å². The molecule has 15 heavy (non-hydrogen) atoms. The van der Waals surface area contributed by atoms with Crippen molar-refractivity contribution < 1.29 is 4.79 Å². The molecule has 0 aliphatic carbocycles. The van der Waals surface area contributed by atoms with E-state index in [9.17, 15) is 4.79 Å². The quantitative estimate of drug-likeness (QED) is 0.748. The molecule has 0 aromatic carbocycles. The molecule has 1 fully saturated rings. The molecule has 0 saturated carbocycles. The summed E-state index contributed by atoms with van der Waals surface area (Å²) in [4.78, 5) is 14.1. The molecule has 1 aliphatic heterocycles. The monoisotopic (exact) mass is 212 g/mol. The molecule has 1 rings (SSSR count). The van der Waals surface area contributed by atoms with Gasteiger partial charge in [0.05, 0.1) is 6.04 Å². The highest BCUT2D eigenvalue weighted by atomic mass is 16.1. The lowest BCUT2D eigenvalue weighted by atomic mass is 10.0. The third-order valence-electron chi connectivity index (χ3n) is 3.45. The summed E-state index contributed by atoms with van der Waals surface area (Å²) >= 11 is 0. The highest BCUT2D eigenvalue weighted by Gasteiger charge is 2.26. The van der Waals surface area contributed by atoms with E-state index >= 15 is 0 Å². The van der Waals surface area contributed by atoms with Crippen LogP contribution in [0.25, 0.3) is 0 Å². The third-order valence-corrected chi connectivity index (χ3v) is 3.45. The Labute approximate surface area is 93.2 Å². The molecule has 1 atom stereocenters. The smallest absolute Gasteiger partial charge is 0.149 e. The van der Waals surface area contributed by atoms with E-state index in [1.54, 1.807) is 0 Å². The Bertz CT molecular complexity index is 200. The van der Waals surface area contributed by atoms with E-state index in [-0.39, 0.29) is 6.04 Å². The number of ketones is 1. The van der Waals surface area contributed by atoms with Gasteiger partial charge in [-0.25, -0.2) is 0 Å². The van der Waals surface area contributed by atoms with Gasteiger partial charge in [0.1, 0.15) is 5.78 Å². The van der Waals surface area contributed by atoms with Gasteiger partial charge in [-0.3, -0.25) is 9.69 Å². The molecule has 1 heterocycles. The predicted molar refractivity (Wildman–Crippen MR) is 63.0 cm³/mol. The largest absolute Gasteiger partial charge is 0.317 e. The second-order valence-corrected chi connectivity index (χ2v) is 4.31. The zero-order chi connectivity index (χ0) is 11.3. The fourth-order valence-electron chi connectivity index (χ4n) is 2.47. The molecule has 1 unspecified atom stereocenters. The van der Waals surface area contributed by atoms with Gasteiger partial charge in [-0.05, 0) is 39.4 Å². The van der Waals surface area contributed by atoms with Gasteiger partial charge in [-0.1, -0.05) is 13.8 Å². The zero-order valence-electron chi connectivity index (χ0n) is 10.3. The summed E-state index contributed by atoms with van der Waals surface area (Å²) in [5.41, 5.74) is 0. The number of nitrogens with one attached hydrogen (secondary N) is 1. The van der Waals surface area contributed by atoms with Gasteiger partial charge < -0.3 is 5.32 Å². The zero-order valence-corrected chi connectivity index (χ0v) is 10.3. The van der Waals surface area contributed by atoms with Crippen LogP contribution >= 0.6 is 0 Å². The number of hydrogen-bond donors (Lipinski definition) is 1. The predicted octanol–water partition coefficient (Wildman–Crippen LogP) is 1.43. The molecular formula is C12H24N2O. The summed E-state index contributed by atoms with van der Waals surface area (Å²) in [5.74, 6) is 0.371. The molecule has 1 N–H and O–H groups in total. The maximum Gasteiger partial charge on any atom is 0.149 e. The molecule has 3 nitrogen and oxygen atoms in total. The lowest BCUT2D eigenvalue weighted by Crippen LogP contribution is -2.49. The van der Waals surface area contributed by atoms with Crippen LogP contribution in [0.3, 0.4) is 0 Å². The van der Waals surface area contributed by atoms with Crippen molar-refractivity contribution in [3.8, 4) is 0 Å². The van der Waals surface area contributed by atoms with Gasteiger partial charge in [0.2, 0.25) is 0 Å². The second kappa shape index (κ2) is 6.23. The number of nitrogens with zero attached hydrogens (tertiary/aromatic N) is 1. The van der Waals surface area contributed by atoms with Crippen LogP contribution in [0.2, 0.25) is 0 Å². The molecule has 0 radical (unpaired) electrons. The van der Waals surface area contributed by atoms with Gasteiger partial charge >= 0.3 is 0 Å². The number of rotatable bonds is 5. The average molecular weight is 212 g/mol. The van der Waals surface area contributed by atoms with Gasteiger partial charge in [-0.15, -0.1) is 0 Å². The van der Waals surface area contributed by atoms with Crippen LogP contribution in [-0.2, 0) is 4.79 Å². The van der Waals surface area contributed by atoms with Crippen molar-refractivity contribution in [2.75, 3.05) is 19.6 Å². The van der Waals surface area contributed by atoms with Crippen molar-refractivity contribution >= 4 is 5.78 Å². The molecule has 0 aromatic rings. The topological polar surface area (TPSA) is 32.3 Å². The number of Topliss-reactive ketones (excluding diaryl/α,β-unsaturated/α-hetero) is 1. The van der Waals surface area contributed by atoms with Crippen LogP contribution in [0.5, 0.6) is 0 Å². The second-order valence-electron chi connectivity index (χ2n) is 4.31. The van der Waals surface area contributed by atoms with Gasteiger partial charge in [0.15, 0.2) is 0 Å². The van der Waals surface area contributed by atoms with Crippen molar-refractivity contribution in [3.05, 3.63) is 0 Å². The van der Waals surface area contributed by atoms with Crippen molar-refractivity contribution in [3.63, 3.8) is 0 Å². The molecule has 0 aromatic heterocycles. The highest BCUT2D eigenvalue weighted by molar-refractivity contribution is 5.83. The Morgan fingerprint density at radius 1 is 1.40 bits per heavy atom. The Kier molecular flexibility index (Phi) is 5.26. The van der Waals surface area contributed by atoms with E-state index in [0.717, 1.165) is 19.6 Å². The lowest BCUT2D eigenvalue weighted by Gasteiger charge is -2.37. The molecule has 88 valence electrons. The van der Waals surface area contributed by atoms with E-state index < -0.39 is 0 Å². The van der Waals surface area contributed by atoms with Crippen LogP contribution in [0.4, 0.5) is 0 Å². The first-order chi connectivity index (χ1) is 7.20. The number of piperidine rings is 1. The maximum atomic E-state index is 11.7. The summed E-state index contributed by atoms with van der Waals surface area (Å²) in [6.45, 7) is 9.33. The molecule has 3 heteroatoms. The van der Waals surface area contributed by atoms with E-state index in [0.29, 0.717) is 18.2 Å². The van der Waals surface area contributed by atoms with E-state index in [4.69, 9.17) is 0 Å². The van der Waals surface area contributed by atoms with Crippen molar-refractivity contribution in [2.45, 2.75) is 52.1 Å². The molecule has 0 amide bonds. The van der Waals surface area contributed by atoms with Gasteiger partial charge in [0.25, 0.3) is 0 Å². The van der Waals surface area contributed by atoms with Crippen molar-refractivity contribution in [1.82, 2.24) is 10.2 Å².